The molecular formula is C107H220N20O4S4. The fourth-order valence-electron chi connectivity index (χ4n) is 3.82. The molecule has 0 fully saturated rings. The molecule has 0 bridgehead atoms. The number of hydrogen-bond acceptors (Lipinski definition) is 24. The molecule has 135 heavy (non-hydrogen) atoms. The zero-order valence-electron chi connectivity index (χ0n) is 97.9. The number of H-pyrrole nitrogens is 3. The molecule has 28 heteroatoms. The first-order valence-corrected chi connectivity index (χ1v) is 53.4. The van der Waals surface area contributed by atoms with Gasteiger partial charge in [-0.1, -0.05) is 383 Å². The lowest BCUT2D eigenvalue weighted by molar-refractivity contribution is 0.420. The molecule has 0 aliphatic rings. The van der Waals surface area contributed by atoms with E-state index in [-0.39, 0.29) is 0 Å². The third-order valence-electron chi connectivity index (χ3n) is 6.96. The second kappa shape index (κ2) is 309. The number of oxazole rings is 1. The average molecular weight is 1980 g/mol. The van der Waals surface area contributed by atoms with E-state index in [1.54, 1.807) is 194 Å². The van der Waals surface area contributed by atoms with Crippen LogP contribution in [-0.2, 0) is 7.05 Å². The molecule has 0 amide bonds. The summed E-state index contributed by atoms with van der Waals surface area (Å²) in [5.74, 6) is 1.25. The number of imidazole rings is 1. The predicted octanol–water partition coefficient (Wildman–Crippen LogP) is 39.5. The molecule has 15 heterocycles. The number of rotatable bonds is 0. The van der Waals surface area contributed by atoms with Gasteiger partial charge in [-0.05, 0) is 103 Å². The van der Waals surface area contributed by atoms with E-state index in [4.69, 9.17) is 4.42 Å². The Labute approximate surface area is 854 Å². The number of aryl methyl sites for hydroxylation is 5. The Kier molecular flexibility index (Phi) is 447. The number of thiophene rings is 1. The summed E-state index contributed by atoms with van der Waals surface area (Å²) in [7, 11) is 1.89. The Morgan fingerprint density at radius 1 is 0.281 bits per heavy atom. The molecule has 0 aliphatic heterocycles. The van der Waals surface area contributed by atoms with Gasteiger partial charge in [0.05, 0.1) is 36.8 Å². The topological polar surface area (TPSA) is 311 Å². The lowest BCUT2D eigenvalue weighted by atomic mass is 10.5. The molecule has 0 saturated heterocycles. The second-order valence-electron chi connectivity index (χ2n) is 13.4. The lowest BCUT2D eigenvalue weighted by Gasteiger charge is -1.77. The quantitative estimate of drug-likeness (QED) is 0.127. The molecule has 0 saturated carbocycles. The summed E-state index contributed by atoms with van der Waals surface area (Å²) in [5, 5.41) is 38.2. The van der Waals surface area contributed by atoms with Crippen molar-refractivity contribution >= 4 is 45.5 Å². The minimum atomic E-state index is 0.623. The number of aromatic nitrogens is 20. The van der Waals surface area contributed by atoms with Crippen LogP contribution in [0, 0.1) is 27.7 Å². The minimum absolute atomic E-state index is 0.623. The van der Waals surface area contributed by atoms with E-state index in [9.17, 15) is 0 Å². The molecule has 24 nitrogen and oxygen atoms in total. The van der Waals surface area contributed by atoms with E-state index in [2.05, 4.69) is 108 Å². The van der Waals surface area contributed by atoms with Gasteiger partial charge >= 0.3 is 0 Å². The molecule has 0 atom stereocenters. The average Bonchev–Trinajstić information content (AvgIpc) is 1.84. The number of nitrogens with zero attached hydrogens (tertiary/aromatic N) is 17. The van der Waals surface area contributed by atoms with E-state index in [1.807, 2.05) is 494 Å². The van der Waals surface area contributed by atoms with Crippen LogP contribution in [0.5, 0.6) is 0 Å². The van der Waals surface area contributed by atoms with Crippen molar-refractivity contribution in [1.29, 1.82) is 0 Å². The third kappa shape index (κ3) is 304. The Morgan fingerprint density at radius 2 is 0.711 bits per heavy atom. The Balaban J connectivity index is -0.0000000380. The van der Waals surface area contributed by atoms with Crippen molar-refractivity contribution in [3.63, 3.8) is 0 Å². The van der Waals surface area contributed by atoms with Crippen molar-refractivity contribution in [2.45, 2.75) is 388 Å². The summed E-state index contributed by atoms with van der Waals surface area (Å²) >= 11 is 6.40. The van der Waals surface area contributed by atoms with Crippen LogP contribution in [0.2, 0.25) is 0 Å². The number of thiazole rings is 1. The van der Waals surface area contributed by atoms with Crippen LogP contribution in [0.4, 0.5) is 0 Å². The van der Waals surface area contributed by atoms with Gasteiger partial charge in [-0.2, -0.15) is 21.5 Å². The van der Waals surface area contributed by atoms with Crippen LogP contribution in [0.15, 0.2) is 298 Å². The maximum absolute atomic E-state index is 4.86. The fourth-order valence-corrected chi connectivity index (χ4v) is 5.57. The van der Waals surface area contributed by atoms with Gasteiger partial charge < -0.3 is 27.7 Å². The smallest absolute Gasteiger partial charge is 0.213 e. The van der Waals surface area contributed by atoms with E-state index in [1.165, 1.54) is 36.8 Å². The van der Waals surface area contributed by atoms with Crippen LogP contribution < -0.4 is 0 Å². The lowest BCUT2D eigenvalue weighted by Crippen LogP contribution is -1.83. The highest BCUT2D eigenvalue weighted by molar-refractivity contribution is 7.11. The van der Waals surface area contributed by atoms with Crippen LogP contribution in [-0.4, -0.2) is 99.7 Å². The van der Waals surface area contributed by atoms with Crippen molar-refractivity contribution in [1.82, 2.24) is 99.7 Å². The molecule has 15 rings (SSSR count). The van der Waals surface area contributed by atoms with Gasteiger partial charge in [-0.15, -0.1) is 43.1 Å². The molecular weight excluding hydrogens is 1760 g/mol. The summed E-state index contributed by atoms with van der Waals surface area (Å²) in [6, 6.07) is 26.4. The largest absolute Gasteiger partial charge is 0.473 e. The monoisotopic (exact) mass is 1980 g/mol. The highest BCUT2D eigenvalue weighted by Gasteiger charge is 1.90. The summed E-state index contributed by atoms with van der Waals surface area (Å²) in [6.07, 6.45) is 45.2. The SMILES string of the molecule is CC.CC.CC.CC.CC.CC.CC.CC.CC.CC.CC.CC.CC.CC.CC.CC.CC.CC.CC.CC.CC.CC.CC.CC.CC.CC.Cc1nnc(C)o1.Cc1nnc(C)s1.Cn1cccn1.c1c[nH]cn1.c1cc[nH]c1.c1ccncc1.c1ccoc1.c1ccsc1.c1cn[nH]c1.c1cnccn1.c1cncnc1.c1cnoc1.c1cnsc1.c1cocn1.c1cscn1. The van der Waals surface area contributed by atoms with Crippen molar-refractivity contribution in [3.8, 4) is 0 Å². The van der Waals surface area contributed by atoms with Crippen molar-refractivity contribution in [2.24, 2.45) is 7.05 Å². The van der Waals surface area contributed by atoms with Gasteiger partial charge in [0.1, 0.15) is 28.9 Å². The van der Waals surface area contributed by atoms with Gasteiger partial charge in [0.25, 0.3) is 0 Å². The van der Waals surface area contributed by atoms with Gasteiger partial charge in [0.15, 0.2) is 6.39 Å². The Morgan fingerprint density at radius 3 is 0.822 bits per heavy atom. The Bertz CT molecular complexity index is 2450. The Hall–Kier alpha value is -10.4. The standard InChI is InChI=1S/C5H5N.C4H6N2O.C4H6N2S.C4H6N2.2C4H4N2.C4H5N.C4H4O.C4H4S.2C3H4N2.2C3H3NO.2C3H3NS.26C2H6/c1-2-4-6-5-3-1;2*1-3-5-6-4(2)7-3;1-6-4-2-3-5-6;1-2-6-4-3-5-1;1-2-5-4-6-3-1;3*1-2-4-5-3-1;1-2-5-3-4-1;1-2-4-5-3-1;1-2-5-3-4-1;1-2-4-5-3-1;1-2-5-3-4-1;1-2-4-5-3-1;26*1-2/h1-5H;2*1-2H3;2-4H,1H3;2*1-4H;1-5H;2*1-4H;2*1-3H,(H,4,5);4*1-3H;26*1-2H3. The summed E-state index contributed by atoms with van der Waals surface area (Å²) in [4.78, 5) is 35.2. The van der Waals surface area contributed by atoms with Crippen molar-refractivity contribution < 1.29 is 17.8 Å². The maximum Gasteiger partial charge on any atom is 0.213 e. The van der Waals surface area contributed by atoms with E-state index >= 15 is 0 Å². The fraction of sp³-hybridized carbons (Fsp3) is 0.533. The maximum atomic E-state index is 4.86. The summed E-state index contributed by atoms with van der Waals surface area (Å²) in [5.41, 5.74) is 1.79. The minimum Gasteiger partial charge on any atom is -0.473 e. The van der Waals surface area contributed by atoms with Crippen LogP contribution in [0.25, 0.3) is 0 Å². The van der Waals surface area contributed by atoms with Gasteiger partial charge in [0, 0.05) is 143 Å². The summed E-state index contributed by atoms with van der Waals surface area (Å²) < 4.78 is 23.8. The highest BCUT2D eigenvalue weighted by Crippen LogP contribution is 2.04. The number of nitrogens with one attached hydrogen (secondary N) is 3. The molecule has 3 N–H and O–H groups in total. The number of hydrogen-bond donors (Lipinski definition) is 3. The normalized spacial score (nSPS) is 6.26. The molecule has 796 valence electrons. The zero-order valence-corrected chi connectivity index (χ0v) is 101. The molecule has 0 spiro atoms. The van der Waals surface area contributed by atoms with Gasteiger partial charge in [0.2, 0.25) is 11.8 Å². The second-order valence-corrected chi connectivity index (χ2v) is 17.1. The first-order chi connectivity index (χ1) is 67.0. The van der Waals surface area contributed by atoms with Crippen LogP contribution >= 0.6 is 45.5 Å². The number of furan rings is 1. The number of aromatic amines is 3. The van der Waals surface area contributed by atoms with Crippen molar-refractivity contribution in [3.05, 3.63) is 302 Å². The molecule has 0 aliphatic carbocycles. The van der Waals surface area contributed by atoms with E-state index in [0.717, 1.165) is 10.0 Å². The third-order valence-corrected chi connectivity index (χ3v) is 9.39. The molecule has 0 aromatic carbocycles. The van der Waals surface area contributed by atoms with Crippen LogP contribution in [0.3, 0.4) is 0 Å². The molecule has 15 aromatic heterocycles. The first-order valence-electron chi connectivity index (χ1n) is 49.9. The van der Waals surface area contributed by atoms with E-state index in [0.29, 0.717) is 11.8 Å². The predicted molar refractivity (Wildman–Crippen MR) is 618 cm³/mol. The zero-order chi connectivity index (χ0) is 112. The number of pyridine rings is 1. The van der Waals surface area contributed by atoms with Crippen molar-refractivity contribution in [2.75, 3.05) is 0 Å². The van der Waals surface area contributed by atoms with Gasteiger partial charge in [-0.3, -0.25) is 29.7 Å². The van der Waals surface area contributed by atoms with E-state index < -0.39 is 0 Å². The molecule has 0 radical (unpaired) electrons. The highest BCUT2D eigenvalue weighted by atomic mass is 32.1. The summed E-state index contributed by atoms with van der Waals surface area (Å²) in [6.45, 7) is 111. The molecule has 15 aromatic rings. The van der Waals surface area contributed by atoms with Gasteiger partial charge in [-0.25, -0.2) is 24.3 Å². The van der Waals surface area contributed by atoms with Crippen LogP contribution in [0.1, 0.15) is 382 Å². The first kappa shape index (κ1) is 196. The molecule has 0 unspecified atom stereocenters.